The van der Waals surface area contributed by atoms with Crippen LogP contribution in [0, 0.1) is 50.2 Å². The largest absolute Gasteiger partial charge is 0.481 e. The molecule has 0 aromatic rings. The van der Waals surface area contributed by atoms with Gasteiger partial charge in [0.05, 0.1) is 11.5 Å². The average molecular weight is 457 g/mol. The molecule has 0 heterocycles. The lowest BCUT2D eigenvalue weighted by molar-refractivity contribution is -0.192. The Balaban J connectivity index is 1.60. The molecule has 5 rings (SSSR count). The van der Waals surface area contributed by atoms with Crippen LogP contribution in [0.4, 0.5) is 0 Å². The fourth-order valence-electron chi connectivity index (χ4n) is 10.6. The Bertz CT molecular complexity index is 885. The van der Waals surface area contributed by atoms with Crippen LogP contribution < -0.4 is 0 Å². The van der Waals surface area contributed by atoms with Gasteiger partial charge in [-0.2, -0.15) is 0 Å². The van der Waals surface area contributed by atoms with Crippen LogP contribution in [0.1, 0.15) is 113 Å². The highest BCUT2D eigenvalue weighted by Crippen LogP contribution is 2.75. The van der Waals surface area contributed by atoms with E-state index in [2.05, 4.69) is 54.5 Å². The van der Waals surface area contributed by atoms with Gasteiger partial charge in [0.15, 0.2) is 0 Å². The van der Waals surface area contributed by atoms with Crippen molar-refractivity contribution in [2.24, 2.45) is 50.2 Å². The van der Waals surface area contributed by atoms with E-state index < -0.39 is 11.4 Å². The Morgan fingerprint density at radius 1 is 0.879 bits per heavy atom. The molecule has 0 aromatic heterocycles. The number of carbonyl (C=O) groups is 1. The van der Waals surface area contributed by atoms with Crippen molar-refractivity contribution in [3.8, 4) is 0 Å². The van der Waals surface area contributed by atoms with Gasteiger partial charge in [0, 0.05) is 0 Å². The third kappa shape index (κ3) is 2.87. The van der Waals surface area contributed by atoms with Crippen LogP contribution in [0.25, 0.3) is 0 Å². The van der Waals surface area contributed by atoms with E-state index in [9.17, 15) is 15.0 Å². The Morgan fingerprint density at radius 3 is 2.21 bits per heavy atom. The summed E-state index contributed by atoms with van der Waals surface area (Å²) < 4.78 is 0. The summed E-state index contributed by atoms with van der Waals surface area (Å²) in [5, 5.41) is 21.4. The van der Waals surface area contributed by atoms with Gasteiger partial charge >= 0.3 is 5.97 Å². The first kappa shape index (κ1) is 23.9. The van der Waals surface area contributed by atoms with Crippen LogP contribution in [-0.2, 0) is 4.79 Å². The minimum absolute atomic E-state index is 0.0503. The van der Waals surface area contributed by atoms with E-state index in [0.717, 1.165) is 51.4 Å². The van der Waals surface area contributed by atoms with Gasteiger partial charge in [-0.3, -0.25) is 4.79 Å². The van der Waals surface area contributed by atoms with Gasteiger partial charge < -0.3 is 10.2 Å². The van der Waals surface area contributed by atoms with Crippen molar-refractivity contribution >= 4 is 5.97 Å². The number of aliphatic carboxylic acids is 1. The van der Waals surface area contributed by atoms with Gasteiger partial charge in [-0.25, -0.2) is 0 Å². The molecule has 0 spiro atoms. The lowest BCUT2D eigenvalue weighted by atomic mass is 9.34. The number of carboxylic acid groups (broad SMARTS) is 1. The second-order valence-corrected chi connectivity index (χ2v) is 15.0. The van der Waals surface area contributed by atoms with Crippen molar-refractivity contribution in [3.63, 3.8) is 0 Å². The van der Waals surface area contributed by atoms with Gasteiger partial charge in [0.25, 0.3) is 0 Å². The molecule has 2 N–H and O–H groups in total. The van der Waals surface area contributed by atoms with Gasteiger partial charge in [-0.1, -0.05) is 60.1 Å². The lowest BCUT2D eigenvalue weighted by Crippen LogP contribution is -2.64. The van der Waals surface area contributed by atoms with Crippen LogP contribution in [0.2, 0.25) is 0 Å². The van der Waals surface area contributed by atoms with E-state index in [1.54, 1.807) is 5.57 Å². The van der Waals surface area contributed by atoms with E-state index in [-0.39, 0.29) is 39.1 Å². The van der Waals surface area contributed by atoms with Crippen LogP contribution in [0.15, 0.2) is 11.6 Å². The summed E-state index contributed by atoms with van der Waals surface area (Å²) in [4.78, 5) is 12.8. The van der Waals surface area contributed by atoms with Gasteiger partial charge in [0.2, 0.25) is 0 Å². The summed E-state index contributed by atoms with van der Waals surface area (Å²) in [5.41, 5.74) is 1.78. The smallest absolute Gasteiger partial charge is 0.309 e. The molecule has 0 bridgehead atoms. The monoisotopic (exact) mass is 456 g/mol. The Labute approximate surface area is 201 Å². The molecule has 0 aromatic carbocycles. The first-order valence-electron chi connectivity index (χ1n) is 13.8. The standard InChI is InChI=1S/C30H48O3/c1-25(2)14-16-30(24(32)33)17-15-28(6)19(20(30)18-25)8-9-22-27(5)12-11-23(31)26(3,4)21(27)10-13-29(22,28)7/h9,19-21,23,31H,8,10-18H2,1-7H3,(H,32,33)/t19-,20+,21+,23+,27+,28-,29-,30+/m1/s1. The zero-order chi connectivity index (χ0) is 24.2. The zero-order valence-corrected chi connectivity index (χ0v) is 22.3. The Kier molecular flexibility index (Phi) is 4.99. The molecule has 0 unspecified atom stereocenters. The third-order valence-electron chi connectivity index (χ3n) is 13.0. The highest BCUT2D eigenvalue weighted by molar-refractivity contribution is 5.75. The molecule has 4 fully saturated rings. The molecule has 0 radical (unpaired) electrons. The summed E-state index contributed by atoms with van der Waals surface area (Å²) >= 11 is 0. The van der Waals surface area contributed by atoms with Gasteiger partial charge in [0.1, 0.15) is 0 Å². The number of carboxylic acids is 1. The minimum atomic E-state index is -0.524. The lowest BCUT2D eigenvalue weighted by Gasteiger charge is -2.70. The molecule has 5 aliphatic rings. The number of hydrogen-bond donors (Lipinski definition) is 2. The fourth-order valence-corrected chi connectivity index (χ4v) is 10.6. The molecule has 3 nitrogen and oxygen atoms in total. The molecule has 4 saturated carbocycles. The van der Waals surface area contributed by atoms with E-state index >= 15 is 0 Å². The average Bonchev–Trinajstić information content (AvgIpc) is 2.71. The molecule has 33 heavy (non-hydrogen) atoms. The zero-order valence-electron chi connectivity index (χ0n) is 22.3. The summed E-state index contributed by atoms with van der Waals surface area (Å²) in [6, 6.07) is 0. The predicted octanol–water partition coefficient (Wildman–Crippen LogP) is 7.23. The van der Waals surface area contributed by atoms with Crippen molar-refractivity contribution in [2.45, 2.75) is 119 Å². The van der Waals surface area contributed by atoms with Crippen LogP contribution in [0.5, 0.6) is 0 Å². The molecule has 0 amide bonds. The Hall–Kier alpha value is -0.830. The van der Waals surface area contributed by atoms with E-state index in [1.165, 1.54) is 12.8 Å². The minimum Gasteiger partial charge on any atom is -0.481 e. The van der Waals surface area contributed by atoms with Crippen molar-refractivity contribution in [1.29, 1.82) is 0 Å². The van der Waals surface area contributed by atoms with Gasteiger partial charge in [-0.15, -0.1) is 0 Å². The molecule has 0 aliphatic heterocycles. The molecule has 8 atom stereocenters. The fraction of sp³-hybridized carbons (Fsp3) is 0.900. The highest BCUT2D eigenvalue weighted by atomic mass is 16.4. The summed E-state index contributed by atoms with van der Waals surface area (Å²) in [6.45, 7) is 16.9. The quantitative estimate of drug-likeness (QED) is 0.409. The van der Waals surface area contributed by atoms with Crippen LogP contribution in [0.3, 0.4) is 0 Å². The van der Waals surface area contributed by atoms with E-state index in [4.69, 9.17) is 0 Å². The summed E-state index contributed by atoms with van der Waals surface area (Å²) in [7, 11) is 0. The second-order valence-electron chi connectivity index (χ2n) is 15.0. The molecule has 0 saturated heterocycles. The number of hydrogen-bond acceptors (Lipinski definition) is 2. The molecule has 5 aliphatic carbocycles. The highest BCUT2D eigenvalue weighted by Gasteiger charge is 2.69. The third-order valence-corrected chi connectivity index (χ3v) is 13.0. The van der Waals surface area contributed by atoms with Crippen molar-refractivity contribution in [2.75, 3.05) is 0 Å². The van der Waals surface area contributed by atoms with Crippen molar-refractivity contribution in [3.05, 3.63) is 11.6 Å². The van der Waals surface area contributed by atoms with Crippen LogP contribution in [-0.4, -0.2) is 22.3 Å². The molecule has 186 valence electrons. The second kappa shape index (κ2) is 6.89. The first-order chi connectivity index (χ1) is 15.1. The van der Waals surface area contributed by atoms with Crippen molar-refractivity contribution < 1.29 is 15.0 Å². The topological polar surface area (TPSA) is 57.5 Å². The Morgan fingerprint density at radius 2 is 1.55 bits per heavy atom. The van der Waals surface area contributed by atoms with E-state index in [1.807, 2.05) is 0 Å². The van der Waals surface area contributed by atoms with Gasteiger partial charge in [-0.05, 0) is 109 Å². The normalized spacial score (nSPS) is 52.4. The maximum atomic E-state index is 12.8. The van der Waals surface area contributed by atoms with Crippen LogP contribution >= 0.6 is 0 Å². The van der Waals surface area contributed by atoms with E-state index in [0.29, 0.717) is 11.8 Å². The molecule has 3 heteroatoms. The predicted molar refractivity (Wildman–Crippen MR) is 133 cm³/mol. The number of aliphatic hydroxyl groups excluding tert-OH is 1. The number of allylic oxidation sites excluding steroid dienone is 2. The first-order valence-corrected chi connectivity index (χ1v) is 13.8. The molecular weight excluding hydrogens is 408 g/mol. The maximum Gasteiger partial charge on any atom is 0.309 e. The molecular formula is C30H48O3. The van der Waals surface area contributed by atoms with Crippen molar-refractivity contribution in [1.82, 2.24) is 0 Å². The summed E-state index contributed by atoms with van der Waals surface area (Å²) in [6.07, 6.45) is 12.6. The number of aliphatic hydroxyl groups is 1. The number of fused-ring (bicyclic) bond motifs is 7. The number of rotatable bonds is 1. The SMILES string of the molecule is CC1(C)CC[C@]2(C(=O)O)CC[C@]3(C)[C@H](CC=C4[C@@]5(C)CC[C@H](O)C(C)(C)[C@@H]5CC[C@]43C)[C@@H]2C1. The maximum absolute atomic E-state index is 12.8. The summed E-state index contributed by atoms with van der Waals surface area (Å²) in [5.74, 6) is 0.729.